The number of aryl methyl sites for hydroxylation is 1. The fraction of sp³-hybridized carbons (Fsp3) is 0.750. The van der Waals surface area contributed by atoms with Gasteiger partial charge in [-0.15, -0.1) is 0 Å². The molecule has 1 aromatic rings. The van der Waals surface area contributed by atoms with Crippen LogP contribution >= 0.6 is 0 Å². The molecule has 0 spiro atoms. The third-order valence-corrected chi connectivity index (χ3v) is 3.76. The van der Waals surface area contributed by atoms with Crippen molar-refractivity contribution in [2.45, 2.75) is 13.3 Å². The highest BCUT2D eigenvalue weighted by atomic mass is 16.5. The van der Waals surface area contributed by atoms with Crippen molar-refractivity contribution in [3.63, 3.8) is 0 Å². The van der Waals surface area contributed by atoms with Gasteiger partial charge >= 0.3 is 0 Å². The van der Waals surface area contributed by atoms with E-state index in [1.807, 2.05) is 13.0 Å². The number of aromatic nitrogens is 2. The van der Waals surface area contributed by atoms with Gasteiger partial charge in [-0.1, -0.05) is 0 Å². The summed E-state index contributed by atoms with van der Waals surface area (Å²) >= 11 is 0. The van der Waals surface area contributed by atoms with Crippen molar-refractivity contribution in [1.29, 1.82) is 0 Å². The zero-order valence-corrected chi connectivity index (χ0v) is 14.6. The zero-order valence-electron chi connectivity index (χ0n) is 14.6. The molecule has 7 heteroatoms. The van der Waals surface area contributed by atoms with Crippen LogP contribution in [0.1, 0.15) is 12.1 Å². The molecule has 1 fully saturated rings. The number of morpholine rings is 1. The molecule has 0 aliphatic carbocycles. The van der Waals surface area contributed by atoms with Gasteiger partial charge in [0.05, 0.1) is 13.2 Å². The lowest BCUT2D eigenvalue weighted by atomic mass is 10.4. The molecule has 0 aromatic carbocycles. The summed E-state index contributed by atoms with van der Waals surface area (Å²) in [5, 5.41) is 6.71. The quantitative estimate of drug-likeness (QED) is 0.655. The van der Waals surface area contributed by atoms with E-state index in [2.05, 4.69) is 44.5 Å². The van der Waals surface area contributed by atoms with Crippen LogP contribution in [-0.2, 0) is 4.74 Å². The highest BCUT2D eigenvalue weighted by molar-refractivity contribution is 5.42. The van der Waals surface area contributed by atoms with Gasteiger partial charge in [0.2, 0.25) is 5.95 Å². The topological polar surface area (TPSA) is 65.6 Å². The average molecular weight is 322 g/mol. The number of hydrogen-bond acceptors (Lipinski definition) is 7. The van der Waals surface area contributed by atoms with Crippen molar-refractivity contribution in [2.75, 3.05) is 77.2 Å². The zero-order chi connectivity index (χ0) is 16.5. The predicted octanol–water partition coefficient (Wildman–Crippen LogP) is 0.893. The summed E-state index contributed by atoms with van der Waals surface area (Å²) in [6.45, 7) is 9.56. The number of nitrogens with one attached hydrogen (secondary N) is 2. The number of rotatable bonds is 9. The lowest BCUT2D eigenvalue weighted by Gasteiger charge is -2.26. The van der Waals surface area contributed by atoms with Gasteiger partial charge in [-0.25, -0.2) is 4.98 Å². The summed E-state index contributed by atoms with van der Waals surface area (Å²) in [7, 11) is 4.17. The molecule has 1 aliphatic heterocycles. The van der Waals surface area contributed by atoms with Gasteiger partial charge < -0.3 is 20.3 Å². The van der Waals surface area contributed by atoms with Gasteiger partial charge in [0.25, 0.3) is 0 Å². The number of anilines is 2. The molecule has 23 heavy (non-hydrogen) atoms. The first-order valence-electron chi connectivity index (χ1n) is 8.42. The van der Waals surface area contributed by atoms with Crippen LogP contribution in [0.3, 0.4) is 0 Å². The van der Waals surface area contributed by atoms with Crippen LogP contribution in [0.5, 0.6) is 0 Å². The molecule has 0 amide bonds. The first-order chi connectivity index (χ1) is 11.1. The minimum Gasteiger partial charge on any atom is -0.379 e. The molecule has 0 radical (unpaired) electrons. The minimum absolute atomic E-state index is 0.706. The molecule has 1 aliphatic rings. The molecular weight excluding hydrogens is 292 g/mol. The van der Waals surface area contributed by atoms with Gasteiger partial charge in [0.1, 0.15) is 5.82 Å². The highest BCUT2D eigenvalue weighted by Crippen LogP contribution is 2.09. The standard InChI is InChI=1S/C16H30N6O/c1-14-13-15(17-6-8-22-9-11-23-12-10-22)20-16(19-14)18-5-4-7-21(2)3/h13H,4-12H2,1-3H3,(H2,17,18,19,20). The summed E-state index contributed by atoms with van der Waals surface area (Å²) in [6, 6.07) is 1.99. The van der Waals surface area contributed by atoms with Crippen molar-refractivity contribution < 1.29 is 4.74 Å². The lowest BCUT2D eigenvalue weighted by molar-refractivity contribution is 0.0398. The molecular formula is C16H30N6O. The Morgan fingerprint density at radius 2 is 1.96 bits per heavy atom. The van der Waals surface area contributed by atoms with Gasteiger partial charge in [0, 0.05) is 44.5 Å². The average Bonchev–Trinajstić information content (AvgIpc) is 2.52. The molecule has 0 saturated carbocycles. The van der Waals surface area contributed by atoms with Crippen LogP contribution in [0, 0.1) is 6.92 Å². The Morgan fingerprint density at radius 3 is 2.70 bits per heavy atom. The minimum atomic E-state index is 0.706. The second kappa shape index (κ2) is 9.64. The number of hydrogen-bond donors (Lipinski definition) is 2. The van der Waals surface area contributed by atoms with Crippen molar-refractivity contribution in [3.8, 4) is 0 Å². The molecule has 1 saturated heterocycles. The maximum atomic E-state index is 5.36. The normalized spacial score (nSPS) is 15.8. The maximum absolute atomic E-state index is 5.36. The molecule has 1 aromatic heterocycles. The van der Waals surface area contributed by atoms with E-state index in [0.29, 0.717) is 5.95 Å². The van der Waals surface area contributed by atoms with Crippen LogP contribution < -0.4 is 10.6 Å². The molecule has 0 atom stereocenters. The monoisotopic (exact) mass is 322 g/mol. The van der Waals surface area contributed by atoms with E-state index in [1.165, 1.54) is 0 Å². The summed E-state index contributed by atoms with van der Waals surface area (Å²) < 4.78 is 5.36. The van der Waals surface area contributed by atoms with E-state index in [0.717, 1.165) is 70.4 Å². The maximum Gasteiger partial charge on any atom is 0.224 e. The van der Waals surface area contributed by atoms with E-state index in [-0.39, 0.29) is 0 Å². The van der Waals surface area contributed by atoms with Gasteiger partial charge in [0.15, 0.2) is 0 Å². The lowest BCUT2D eigenvalue weighted by Crippen LogP contribution is -2.39. The molecule has 2 heterocycles. The molecule has 2 rings (SSSR count). The van der Waals surface area contributed by atoms with Crippen molar-refractivity contribution in [3.05, 3.63) is 11.8 Å². The van der Waals surface area contributed by atoms with E-state index in [1.54, 1.807) is 0 Å². The van der Waals surface area contributed by atoms with Gasteiger partial charge in [-0.3, -0.25) is 4.90 Å². The SMILES string of the molecule is Cc1cc(NCCN2CCOCC2)nc(NCCCN(C)C)n1. The van der Waals surface area contributed by atoms with Gasteiger partial charge in [-0.05, 0) is 34.0 Å². The van der Waals surface area contributed by atoms with E-state index in [4.69, 9.17) is 4.74 Å². The van der Waals surface area contributed by atoms with E-state index in [9.17, 15) is 0 Å². The molecule has 0 bridgehead atoms. The third-order valence-electron chi connectivity index (χ3n) is 3.76. The summed E-state index contributed by atoms with van der Waals surface area (Å²) in [5.74, 6) is 1.60. The van der Waals surface area contributed by atoms with Gasteiger partial charge in [-0.2, -0.15) is 4.98 Å². The second-order valence-corrected chi connectivity index (χ2v) is 6.18. The first-order valence-corrected chi connectivity index (χ1v) is 8.42. The Labute approximate surface area is 139 Å². The predicted molar refractivity (Wildman–Crippen MR) is 94.2 cm³/mol. The van der Waals surface area contributed by atoms with Crippen LogP contribution in [0.4, 0.5) is 11.8 Å². The fourth-order valence-electron chi connectivity index (χ4n) is 2.50. The molecule has 0 unspecified atom stereocenters. The summed E-state index contributed by atoms with van der Waals surface area (Å²) in [6.07, 6.45) is 1.07. The smallest absolute Gasteiger partial charge is 0.224 e. The molecule has 7 nitrogen and oxygen atoms in total. The van der Waals surface area contributed by atoms with Crippen molar-refractivity contribution in [2.24, 2.45) is 0 Å². The Bertz CT molecular complexity index is 462. The largest absolute Gasteiger partial charge is 0.379 e. The second-order valence-electron chi connectivity index (χ2n) is 6.18. The Morgan fingerprint density at radius 1 is 1.17 bits per heavy atom. The molecule has 2 N–H and O–H groups in total. The third kappa shape index (κ3) is 7.11. The summed E-state index contributed by atoms with van der Waals surface area (Å²) in [4.78, 5) is 13.6. The van der Waals surface area contributed by atoms with Crippen LogP contribution in [-0.4, -0.2) is 86.3 Å². The fourth-order valence-corrected chi connectivity index (χ4v) is 2.50. The Hall–Kier alpha value is -1.44. The van der Waals surface area contributed by atoms with Crippen LogP contribution in [0.2, 0.25) is 0 Å². The first kappa shape index (κ1) is 17.9. The van der Waals surface area contributed by atoms with E-state index >= 15 is 0 Å². The highest BCUT2D eigenvalue weighted by Gasteiger charge is 2.09. The molecule has 130 valence electrons. The number of nitrogens with zero attached hydrogens (tertiary/aromatic N) is 4. The summed E-state index contributed by atoms with van der Waals surface area (Å²) in [5.41, 5.74) is 0.976. The number of ether oxygens (including phenoxy) is 1. The van der Waals surface area contributed by atoms with Crippen molar-refractivity contribution in [1.82, 2.24) is 19.8 Å². The van der Waals surface area contributed by atoms with Crippen molar-refractivity contribution >= 4 is 11.8 Å². The Kier molecular flexibility index (Phi) is 7.51. The van der Waals surface area contributed by atoms with E-state index < -0.39 is 0 Å². The van der Waals surface area contributed by atoms with Crippen LogP contribution in [0.25, 0.3) is 0 Å². The Balaban J connectivity index is 1.74. The van der Waals surface area contributed by atoms with Crippen LogP contribution in [0.15, 0.2) is 6.07 Å².